The van der Waals surface area contributed by atoms with Crippen molar-refractivity contribution in [2.45, 2.75) is 6.54 Å². The maximum atomic E-state index is 13.4. The van der Waals surface area contributed by atoms with Gasteiger partial charge in [-0.15, -0.1) is 0 Å². The Labute approximate surface area is 186 Å². The fraction of sp³-hybridized carbons (Fsp3) is 0.190. The summed E-state index contributed by atoms with van der Waals surface area (Å²) >= 11 is 6.11. The summed E-state index contributed by atoms with van der Waals surface area (Å²) in [5, 5.41) is 4.63. The minimum atomic E-state index is -0.447. The van der Waals surface area contributed by atoms with E-state index in [0.29, 0.717) is 28.0 Å². The molecule has 4 aromatic heterocycles. The van der Waals surface area contributed by atoms with E-state index in [4.69, 9.17) is 11.6 Å². The van der Waals surface area contributed by atoms with Gasteiger partial charge in [-0.05, 0) is 30.3 Å². The highest BCUT2D eigenvalue weighted by Gasteiger charge is 2.20. The Morgan fingerprint density at radius 3 is 2.59 bits per heavy atom. The molecule has 0 aliphatic heterocycles. The van der Waals surface area contributed by atoms with Gasteiger partial charge in [0.15, 0.2) is 11.2 Å². The lowest BCUT2D eigenvalue weighted by Gasteiger charge is -2.10. The summed E-state index contributed by atoms with van der Waals surface area (Å²) in [6, 6.07) is 9.20. The molecule has 1 N–H and O–H groups in total. The fourth-order valence-corrected chi connectivity index (χ4v) is 4.05. The van der Waals surface area contributed by atoms with Crippen LogP contribution in [0.25, 0.3) is 22.1 Å². The molecule has 0 aliphatic rings. The van der Waals surface area contributed by atoms with Gasteiger partial charge in [0.1, 0.15) is 12.1 Å². The summed E-state index contributed by atoms with van der Waals surface area (Å²) in [6.07, 6.45) is 3.00. The van der Waals surface area contributed by atoms with E-state index in [1.54, 1.807) is 30.9 Å². The van der Waals surface area contributed by atoms with Crippen molar-refractivity contribution in [2.75, 3.05) is 5.32 Å². The number of fused-ring (bicyclic) bond motifs is 2. The maximum Gasteiger partial charge on any atom is 0.332 e. The van der Waals surface area contributed by atoms with Crippen LogP contribution in [-0.2, 0) is 27.7 Å². The van der Waals surface area contributed by atoms with Gasteiger partial charge in [0.25, 0.3) is 5.56 Å². The highest BCUT2D eigenvalue weighted by molar-refractivity contribution is 6.31. The third-order valence-corrected chi connectivity index (χ3v) is 5.84. The molecule has 1 aromatic carbocycles. The predicted molar refractivity (Wildman–Crippen MR) is 123 cm³/mol. The van der Waals surface area contributed by atoms with E-state index in [1.807, 2.05) is 35.9 Å². The average molecular weight is 451 g/mol. The summed E-state index contributed by atoms with van der Waals surface area (Å²) in [5.74, 6) is 0.917. The summed E-state index contributed by atoms with van der Waals surface area (Å²) < 4.78 is 6.17. The zero-order valence-corrected chi connectivity index (χ0v) is 18.3. The monoisotopic (exact) mass is 450 g/mol. The zero-order valence-electron chi connectivity index (χ0n) is 17.6. The molecule has 0 spiro atoms. The molecule has 0 saturated carbocycles. The van der Waals surface area contributed by atoms with Crippen LogP contribution in [0.3, 0.4) is 0 Å². The van der Waals surface area contributed by atoms with Crippen LogP contribution in [0.15, 0.2) is 52.4 Å². The molecule has 32 heavy (non-hydrogen) atoms. The summed E-state index contributed by atoms with van der Waals surface area (Å²) in [5.41, 5.74) is 1.51. The second-order valence-electron chi connectivity index (χ2n) is 7.52. The van der Waals surface area contributed by atoms with Crippen LogP contribution in [0, 0.1) is 0 Å². The summed E-state index contributed by atoms with van der Waals surface area (Å²) in [6.45, 7) is 0.115. The molecule has 5 rings (SSSR count). The van der Waals surface area contributed by atoms with Crippen molar-refractivity contribution in [3.63, 3.8) is 0 Å². The molecule has 5 aromatic rings. The predicted octanol–water partition coefficient (Wildman–Crippen LogP) is 2.16. The van der Waals surface area contributed by atoms with E-state index in [0.717, 1.165) is 16.6 Å². The topological polar surface area (TPSA) is 105 Å². The van der Waals surface area contributed by atoms with Crippen LogP contribution >= 0.6 is 11.6 Å². The van der Waals surface area contributed by atoms with Gasteiger partial charge in [0.2, 0.25) is 5.95 Å². The molecular formula is C21H19ClN8O2. The number of aryl methyl sites for hydroxylation is 3. The number of halogens is 1. The summed E-state index contributed by atoms with van der Waals surface area (Å²) in [4.78, 5) is 38.9. The molecular weight excluding hydrogens is 432 g/mol. The van der Waals surface area contributed by atoms with Gasteiger partial charge in [-0.2, -0.15) is 4.98 Å². The number of nitrogens with zero attached hydrogens (tertiary/aromatic N) is 7. The van der Waals surface area contributed by atoms with Crippen molar-refractivity contribution in [1.29, 1.82) is 0 Å². The molecule has 0 radical (unpaired) electrons. The largest absolute Gasteiger partial charge is 0.346 e. The van der Waals surface area contributed by atoms with E-state index in [1.165, 1.54) is 15.5 Å². The first-order valence-electron chi connectivity index (χ1n) is 9.78. The minimum absolute atomic E-state index is 0.115. The minimum Gasteiger partial charge on any atom is -0.346 e. The van der Waals surface area contributed by atoms with Crippen LogP contribution in [-0.4, -0.2) is 33.2 Å². The van der Waals surface area contributed by atoms with Crippen LogP contribution in [0.5, 0.6) is 0 Å². The third kappa shape index (κ3) is 3.07. The molecule has 0 saturated heterocycles. The van der Waals surface area contributed by atoms with Gasteiger partial charge in [-0.3, -0.25) is 13.9 Å². The van der Waals surface area contributed by atoms with E-state index >= 15 is 0 Å². The number of anilines is 2. The number of rotatable bonds is 4. The Balaban J connectivity index is 1.65. The van der Waals surface area contributed by atoms with Gasteiger partial charge in [0.05, 0.1) is 6.54 Å². The Hall–Kier alpha value is -3.92. The van der Waals surface area contributed by atoms with Gasteiger partial charge in [-0.1, -0.05) is 11.6 Å². The van der Waals surface area contributed by atoms with Gasteiger partial charge < -0.3 is 14.5 Å². The standard InChI is InChI=1S/C21H19ClN8O2/c1-27-14(9-12-8-13(22)4-5-15(12)27)10-30-19(31)17-18(29(3)21(30)32)26-20(28(17)2)25-16-6-7-23-11-24-16/h4-9,11H,10H2,1-3H3,(H,23,24,25,26). The van der Waals surface area contributed by atoms with E-state index in [-0.39, 0.29) is 6.54 Å². The third-order valence-electron chi connectivity index (χ3n) is 5.61. The molecule has 4 heterocycles. The van der Waals surface area contributed by atoms with Crippen LogP contribution in [0.1, 0.15) is 5.69 Å². The van der Waals surface area contributed by atoms with Gasteiger partial charge in [-0.25, -0.2) is 14.8 Å². The van der Waals surface area contributed by atoms with Crippen LogP contribution in [0.4, 0.5) is 11.8 Å². The fourth-order valence-electron chi connectivity index (χ4n) is 3.87. The lowest BCUT2D eigenvalue weighted by atomic mass is 10.2. The number of hydrogen-bond donors (Lipinski definition) is 1. The maximum absolute atomic E-state index is 13.4. The molecule has 10 nitrogen and oxygen atoms in total. The van der Waals surface area contributed by atoms with Crippen molar-refractivity contribution in [1.82, 2.24) is 33.2 Å². The normalized spacial score (nSPS) is 11.5. The Bertz CT molecular complexity index is 1610. The first-order valence-corrected chi connectivity index (χ1v) is 10.2. The Morgan fingerprint density at radius 2 is 1.84 bits per heavy atom. The molecule has 0 fully saturated rings. The summed E-state index contributed by atoms with van der Waals surface area (Å²) in [7, 11) is 5.21. The number of nitrogens with one attached hydrogen (secondary N) is 1. The van der Waals surface area contributed by atoms with Crippen LogP contribution < -0.4 is 16.6 Å². The van der Waals surface area contributed by atoms with Crippen molar-refractivity contribution < 1.29 is 0 Å². The molecule has 162 valence electrons. The van der Waals surface area contributed by atoms with E-state index in [9.17, 15) is 9.59 Å². The van der Waals surface area contributed by atoms with Gasteiger partial charge >= 0.3 is 5.69 Å². The molecule has 0 aliphatic carbocycles. The Morgan fingerprint density at radius 1 is 1.03 bits per heavy atom. The highest BCUT2D eigenvalue weighted by Crippen LogP contribution is 2.23. The van der Waals surface area contributed by atoms with Crippen LogP contribution in [0.2, 0.25) is 5.02 Å². The SMILES string of the molecule is Cn1c(Cn2c(=O)c3c(nc(Nc4ccncn4)n3C)n(C)c2=O)cc2cc(Cl)ccc21. The second kappa shape index (κ2) is 7.34. The first-order chi connectivity index (χ1) is 15.3. The van der Waals surface area contributed by atoms with Crippen molar-refractivity contribution in [3.8, 4) is 0 Å². The van der Waals surface area contributed by atoms with E-state index < -0.39 is 11.2 Å². The second-order valence-corrected chi connectivity index (χ2v) is 7.95. The van der Waals surface area contributed by atoms with Crippen molar-refractivity contribution in [3.05, 3.63) is 74.4 Å². The quantitative estimate of drug-likeness (QED) is 0.450. The zero-order chi connectivity index (χ0) is 22.6. The number of aromatic nitrogens is 7. The smallest absolute Gasteiger partial charge is 0.332 e. The molecule has 0 unspecified atom stereocenters. The molecule has 0 atom stereocenters. The van der Waals surface area contributed by atoms with Crippen molar-refractivity contribution in [2.24, 2.45) is 21.1 Å². The number of hydrogen-bond acceptors (Lipinski definition) is 6. The van der Waals surface area contributed by atoms with Gasteiger partial charge in [0, 0.05) is 49.0 Å². The van der Waals surface area contributed by atoms with Crippen molar-refractivity contribution >= 4 is 45.4 Å². The highest BCUT2D eigenvalue weighted by atomic mass is 35.5. The van der Waals surface area contributed by atoms with E-state index in [2.05, 4.69) is 20.3 Å². The Kier molecular flexibility index (Phi) is 4.59. The molecule has 0 bridgehead atoms. The average Bonchev–Trinajstić information content (AvgIpc) is 3.27. The molecule has 0 amide bonds. The molecule has 11 heteroatoms. The number of benzene rings is 1. The lowest BCUT2D eigenvalue weighted by Crippen LogP contribution is -2.40. The first kappa shape index (κ1) is 20.0. The number of imidazole rings is 1. The lowest BCUT2D eigenvalue weighted by molar-refractivity contribution is 0.632.